The molecule has 9 nitrogen and oxygen atoms in total. The van der Waals surface area contributed by atoms with Crippen LogP contribution in [0.1, 0.15) is 142 Å². The van der Waals surface area contributed by atoms with Crippen molar-refractivity contribution in [3.8, 4) is 0 Å². The first-order valence-electron chi connectivity index (χ1n) is 22.6. The highest BCUT2D eigenvalue weighted by Gasteiger charge is 2.44. The van der Waals surface area contributed by atoms with E-state index < -0.39 is 49.5 Å². The lowest BCUT2D eigenvalue weighted by Crippen LogP contribution is -2.60. The molecule has 1 heterocycles. The summed E-state index contributed by atoms with van der Waals surface area (Å²) >= 11 is 0. The molecule has 0 aromatic heterocycles. The minimum Gasteiger partial charge on any atom is -0.394 e. The highest BCUT2D eigenvalue weighted by atomic mass is 16.7. The van der Waals surface area contributed by atoms with Crippen LogP contribution in [0.4, 0.5) is 0 Å². The predicted octanol–water partition coefficient (Wildman–Crippen LogP) is 9.50. The number of hydrogen-bond acceptors (Lipinski definition) is 8. The monoisotopic (exact) mass is 824 g/mol. The Balaban J connectivity index is 2.11. The van der Waals surface area contributed by atoms with Crippen LogP contribution < -0.4 is 5.32 Å². The third kappa shape index (κ3) is 29.7. The molecule has 1 rings (SSSR count). The van der Waals surface area contributed by atoms with Crippen LogP contribution in [0.3, 0.4) is 0 Å². The summed E-state index contributed by atoms with van der Waals surface area (Å²) in [5.41, 5.74) is 0. The third-order valence-corrected chi connectivity index (χ3v) is 9.89. The standard InChI is InChI=1S/C50H81NO8/c1-3-5-7-8-9-10-11-12-13-14-15-16-17-18-19-20-21-22-23-24-25-26-27-28-29-30-31-32-33-34-35-36-38-40-46(54)51-43(44(53)39-37-6-4-2)42-58-50-49(57)48(56)47(55)45(41-52)59-50/h5,7,9-10,12-13,15-16,18-19,21-22,24-25,27-28,30-31,43-45,47-50,52-53,55-57H,3-4,6,8,11,14,17,20,23,26,29,32-42H2,1-2H3,(H,51,54)/b7-5-,10-9-,13-12-,16-15-,19-18-,22-21-,25-24-,28-27-,31-30-. The molecule has 0 spiro atoms. The third-order valence-electron chi connectivity index (χ3n) is 9.89. The summed E-state index contributed by atoms with van der Waals surface area (Å²) in [6.45, 7) is 3.50. The number of amides is 1. The zero-order valence-corrected chi connectivity index (χ0v) is 36.5. The Labute approximate surface area is 357 Å². The highest BCUT2D eigenvalue weighted by Crippen LogP contribution is 2.22. The van der Waals surface area contributed by atoms with Crippen LogP contribution in [-0.2, 0) is 14.3 Å². The fraction of sp³-hybridized carbons (Fsp3) is 0.620. The number of unbranched alkanes of at least 4 members (excludes halogenated alkanes) is 7. The number of rotatable bonds is 35. The molecule has 9 heteroatoms. The van der Waals surface area contributed by atoms with Crippen molar-refractivity contribution in [2.24, 2.45) is 0 Å². The first-order chi connectivity index (χ1) is 28.8. The zero-order valence-electron chi connectivity index (χ0n) is 36.5. The van der Waals surface area contributed by atoms with Crippen molar-refractivity contribution in [1.29, 1.82) is 0 Å². The quantitative estimate of drug-likeness (QED) is 0.0274. The van der Waals surface area contributed by atoms with Gasteiger partial charge in [-0.25, -0.2) is 0 Å². The van der Waals surface area contributed by atoms with E-state index in [9.17, 15) is 30.3 Å². The highest BCUT2D eigenvalue weighted by molar-refractivity contribution is 5.76. The first-order valence-corrected chi connectivity index (χ1v) is 22.6. The smallest absolute Gasteiger partial charge is 0.220 e. The normalized spacial score (nSPS) is 21.8. The maximum atomic E-state index is 12.8. The molecule has 0 bridgehead atoms. The van der Waals surface area contributed by atoms with Crippen molar-refractivity contribution in [2.45, 2.75) is 185 Å². The van der Waals surface area contributed by atoms with Gasteiger partial charge in [-0.3, -0.25) is 4.79 Å². The maximum absolute atomic E-state index is 12.8. The Morgan fingerprint density at radius 2 is 1.05 bits per heavy atom. The van der Waals surface area contributed by atoms with Crippen LogP contribution in [0.25, 0.3) is 0 Å². The molecule has 7 atom stereocenters. The topological polar surface area (TPSA) is 149 Å². The van der Waals surface area contributed by atoms with Gasteiger partial charge in [0, 0.05) is 6.42 Å². The van der Waals surface area contributed by atoms with Gasteiger partial charge in [0.15, 0.2) is 6.29 Å². The van der Waals surface area contributed by atoms with Crippen LogP contribution in [0.15, 0.2) is 109 Å². The minimum atomic E-state index is -1.56. The van der Waals surface area contributed by atoms with E-state index in [1.54, 1.807) is 0 Å². The largest absolute Gasteiger partial charge is 0.394 e. The van der Waals surface area contributed by atoms with Crippen molar-refractivity contribution >= 4 is 5.91 Å². The average Bonchev–Trinajstić information content (AvgIpc) is 3.23. The Morgan fingerprint density at radius 3 is 1.53 bits per heavy atom. The molecule has 0 saturated carbocycles. The van der Waals surface area contributed by atoms with Gasteiger partial charge in [-0.2, -0.15) is 0 Å². The van der Waals surface area contributed by atoms with Gasteiger partial charge in [0.25, 0.3) is 0 Å². The van der Waals surface area contributed by atoms with Crippen LogP contribution in [0, 0.1) is 0 Å². The molecule has 0 radical (unpaired) electrons. The number of aliphatic hydroxyl groups excluding tert-OH is 5. The predicted molar refractivity (Wildman–Crippen MR) is 244 cm³/mol. The van der Waals surface area contributed by atoms with Crippen LogP contribution in [-0.4, -0.2) is 87.5 Å². The van der Waals surface area contributed by atoms with E-state index in [0.717, 1.165) is 116 Å². The zero-order chi connectivity index (χ0) is 43.0. The van der Waals surface area contributed by atoms with Crippen LogP contribution >= 0.6 is 0 Å². The van der Waals surface area contributed by atoms with Crippen LogP contribution in [0.5, 0.6) is 0 Å². The molecule has 6 N–H and O–H groups in total. The molecule has 1 fully saturated rings. The Bertz CT molecular complexity index is 1280. The summed E-state index contributed by atoms with van der Waals surface area (Å²) in [6.07, 6.45) is 50.5. The van der Waals surface area contributed by atoms with Gasteiger partial charge < -0.3 is 40.3 Å². The summed E-state index contributed by atoms with van der Waals surface area (Å²) in [5, 5.41) is 53.5. The molecule has 334 valence electrons. The summed E-state index contributed by atoms with van der Waals surface area (Å²) < 4.78 is 11.1. The van der Waals surface area contributed by atoms with Gasteiger partial charge in [-0.05, 0) is 83.5 Å². The van der Waals surface area contributed by atoms with Crippen molar-refractivity contribution < 1.29 is 39.8 Å². The van der Waals surface area contributed by atoms with Crippen molar-refractivity contribution in [1.82, 2.24) is 5.32 Å². The van der Waals surface area contributed by atoms with E-state index in [-0.39, 0.29) is 12.5 Å². The fourth-order valence-electron chi connectivity index (χ4n) is 6.27. The van der Waals surface area contributed by atoms with E-state index in [4.69, 9.17) is 9.47 Å². The summed E-state index contributed by atoms with van der Waals surface area (Å²) in [5.74, 6) is -0.182. The Hall–Kier alpha value is -3.15. The number of carbonyl (C=O) groups excluding carboxylic acids is 1. The first kappa shape index (κ1) is 53.9. The number of hydrogen-bond donors (Lipinski definition) is 6. The second kappa shape index (κ2) is 39.0. The molecule has 1 aliphatic rings. The van der Waals surface area contributed by atoms with Crippen molar-refractivity contribution in [2.75, 3.05) is 13.2 Å². The van der Waals surface area contributed by atoms with Crippen molar-refractivity contribution in [3.05, 3.63) is 109 Å². The molecule has 1 aliphatic heterocycles. The summed E-state index contributed by atoms with van der Waals surface area (Å²) in [6, 6.07) is -0.733. The molecule has 59 heavy (non-hydrogen) atoms. The van der Waals surface area contributed by atoms with Gasteiger partial charge >= 0.3 is 0 Å². The second-order valence-electron chi connectivity index (χ2n) is 15.1. The lowest BCUT2D eigenvalue weighted by molar-refractivity contribution is -0.302. The number of aliphatic hydroxyl groups is 5. The van der Waals surface area contributed by atoms with E-state index in [1.807, 2.05) is 0 Å². The molecule has 7 unspecified atom stereocenters. The molecule has 0 aromatic carbocycles. The Kier molecular flexibility index (Phi) is 35.6. The number of carbonyl (C=O) groups is 1. The minimum absolute atomic E-state index is 0.159. The molecule has 1 saturated heterocycles. The van der Waals surface area contributed by atoms with Gasteiger partial charge in [-0.1, -0.05) is 162 Å². The molecular formula is C50H81NO8. The molecule has 0 aromatic rings. The van der Waals surface area contributed by atoms with E-state index in [1.165, 1.54) is 0 Å². The second-order valence-corrected chi connectivity index (χ2v) is 15.1. The average molecular weight is 824 g/mol. The van der Waals surface area contributed by atoms with E-state index >= 15 is 0 Å². The van der Waals surface area contributed by atoms with E-state index in [2.05, 4.69) is 129 Å². The van der Waals surface area contributed by atoms with Gasteiger partial charge in [-0.15, -0.1) is 0 Å². The van der Waals surface area contributed by atoms with Gasteiger partial charge in [0.2, 0.25) is 5.91 Å². The van der Waals surface area contributed by atoms with Gasteiger partial charge in [0.05, 0.1) is 25.4 Å². The number of ether oxygens (including phenoxy) is 2. The summed E-state index contributed by atoms with van der Waals surface area (Å²) in [4.78, 5) is 12.8. The van der Waals surface area contributed by atoms with Gasteiger partial charge in [0.1, 0.15) is 24.4 Å². The lowest BCUT2D eigenvalue weighted by atomic mass is 9.99. The van der Waals surface area contributed by atoms with Crippen molar-refractivity contribution in [3.63, 3.8) is 0 Å². The maximum Gasteiger partial charge on any atom is 0.220 e. The molecular weight excluding hydrogens is 743 g/mol. The number of nitrogens with one attached hydrogen (secondary N) is 1. The lowest BCUT2D eigenvalue weighted by Gasteiger charge is -2.40. The molecule has 0 aliphatic carbocycles. The van der Waals surface area contributed by atoms with E-state index in [0.29, 0.717) is 12.8 Å². The molecule has 1 amide bonds. The summed E-state index contributed by atoms with van der Waals surface area (Å²) in [7, 11) is 0. The van der Waals surface area contributed by atoms with Crippen LogP contribution in [0.2, 0.25) is 0 Å². The Morgan fingerprint density at radius 1 is 0.593 bits per heavy atom. The number of allylic oxidation sites excluding steroid dienone is 18. The SMILES string of the molecule is CC/C=C\C/C=C\C/C=C\C/C=C\C/C=C\C/C=C\C/C=C\C/C=C\C/C=C\CCCCCCCC(=O)NC(COC1OC(CO)C(O)C(O)C1O)C(O)CCCCC. The fourth-order valence-corrected chi connectivity index (χ4v) is 6.27.